The van der Waals surface area contributed by atoms with Gasteiger partial charge in [-0.2, -0.15) is 0 Å². The predicted octanol–water partition coefficient (Wildman–Crippen LogP) is 4.50. The van der Waals surface area contributed by atoms with Crippen LogP contribution in [0.3, 0.4) is 0 Å². The standard InChI is InChI=1S/C9H15P.CCl4/c1-10(2,3)9-7-5-4-6-8-9;2-1(3,4)5/h4-8,10H,1-3H3;. The fourth-order valence-corrected chi connectivity index (χ4v) is 2.13. The van der Waals surface area contributed by atoms with Crippen LogP contribution in [0, 0.1) is 0 Å². The number of alkyl halides is 4. The van der Waals surface area contributed by atoms with Crippen molar-refractivity contribution in [3.8, 4) is 0 Å². The molecule has 0 saturated heterocycles. The van der Waals surface area contributed by atoms with Gasteiger partial charge in [-0.3, -0.25) is 0 Å². The van der Waals surface area contributed by atoms with Crippen molar-refractivity contribution < 1.29 is 0 Å². The SMILES string of the molecule is C[PH](C)(C)c1ccccc1.ClC(Cl)(Cl)Cl. The normalized spacial score (nSPS) is 12.7. The molecule has 0 spiro atoms. The molecule has 0 aromatic heterocycles. The maximum absolute atomic E-state index is 4.83. The van der Waals surface area contributed by atoms with Gasteiger partial charge in [0.2, 0.25) is 0 Å². The molecule has 15 heavy (non-hydrogen) atoms. The van der Waals surface area contributed by atoms with Gasteiger partial charge < -0.3 is 0 Å². The molecule has 0 N–H and O–H groups in total. The molecule has 0 aliphatic carbocycles. The van der Waals surface area contributed by atoms with Crippen molar-refractivity contribution in [3.05, 3.63) is 30.3 Å². The minimum Gasteiger partial charge on any atom is -0.0664 e. The van der Waals surface area contributed by atoms with Gasteiger partial charge in [-0.15, -0.1) is 0 Å². The van der Waals surface area contributed by atoms with Gasteiger partial charge >= 0.3 is 62.9 Å². The van der Waals surface area contributed by atoms with Crippen LogP contribution in [0.2, 0.25) is 0 Å². The smallest absolute Gasteiger partial charge is 0.0664 e. The average molecular weight is 308 g/mol. The van der Waals surface area contributed by atoms with E-state index in [1.807, 2.05) is 0 Å². The van der Waals surface area contributed by atoms with Gasteiger partial charge in [0.1, 0.15) is 0 Å². The van der Waals surface area contributed by atoms with Crippen LogP contribution >= 0.6 is 53.7 Å². The maximum Gasteiger partial charge on any atom is 0.266 e. The minimum absolute atomic E-state index is 1.03. The molecule has 0 unspecified atom stereocenters. The van der Waals surface area contributed by atoms with E-state index in [1.54, 1.807) is 0 Å². The van der Waals surface area contributed by atoms with Gasteiger partial charge in [0.25, 0.3) is 3.25 Å². The molecule has 0 aliphatic rings. The van der Waals surface area contributed by atoms with E-state index in [9.17, 15) is 0 Å². The monoisotopic (exact) mass is 306 g/mol. The van der Waals surface area contributed by atoms with Crippen molar-refractivity contribution in [1.82, 2.24) is 0 Å². The summed E-state index contributed by atoms with van der Waals surface area (Å²) in [6, 6.07) is 10.8. The van der Waals surface area contributed by atoms with Gasteiger partial charge in [-0.1, -0.05) is 46.4 Å². The molecule has 0 bridgehead atoms. The van der Waals surface area contributed by atoms with E-state index < -0.39 is 10.5 Å². The second-order valence-corrected chi connectivity index (χ2v) is 12.6. The van der Waals surface area contributed by atoms with Crippen LogP contribution in [-0.2, 0) is 0 Å². The zero-order chi connectivity index (χ0) is 12.1. The topological polar surface area (TPSA) is 0 Å². The zero-order valence-electron chi connectivity index (χ0n) is 8.90. The first kappa shape index (κ1) is 15.8. The minimum atomic E-state index is -1.61. The van der Waals surface area contributed by atoms with Crippen LogP contribution in [-0.4, -0.2) is 23.2 Å². The first-order valence-corrected chi connectivity index (χ1v) is 9.43. The fraction of sp³-hybridized carbons (Fsp3) is 0.400. The van der Waals surface area contributed by atoms with E-state index in [-0.39, 0.29) is 0 Å². The third-order valence-electron chi connectivity index (χ3n) is 1.64. The summed E-state index contributed by atoms with van der Waals surface area (Å²) in [5.41, 5.74) is 0. The average Bonchev–Trinajstić information content (AvgIpc) is 2.01. The van der Waals surface area contributed by atoms with E-state index in [0.717, 1.165) is 0 Å². The Balaban J connectivity index is 0.000000336. The van der Waals surface area contributed by atoms with E-state index in [4.69, 9.17) is 46.4 Å². The molecule has 0 fully saturated rings. The van der Waals surface area contributed by atoms with Crippen LogP contribution in [0.25, 0.3) is 0 Å². The number of rotatable bonds is 1. The van der Waals surface area contributed by atoms with E-state index in [1.165, 1.54) is 5.30 Å². The van der Waals surface area contributed by atoms with Gasteiger partial charge in [-0.25, -0.2) is 0 Å². The second kappa shape index (κ2) is 6.52. The molecule has 1 rings (SSSR count). The number of benzene rings is 1. The van der Waals surface area contributed by atoms with Crippen LogP contribution < -0.4 is 5.30 Å². The molecule has 1 aromatic carbocycles. The van der Waals surface area contributed by atoms with Crippen LogP contribution in [0.15, 0.2) is 30.3 Å². The molecular formula is C10H15Cl4P. The Morgan fingerprint density at radius 2 is 1.20 bits per heavy atom. The van der Waals surface area contributed by atoms with Crippen LogP contribution in [0.4, 0.5) is 0 Å². The fourth-order valence-electron chi connectivity index (χ4n) is 0.938. The van der Waals surface area contributed by atoms with Crippen molar-refractivity contribution in [2.75, 3.05) is 20.0 Å². The molecule has 5 heteroatoms. The number of hydrogen-bond donors (Lipinski definition) is 0. The Kier molecular flexibility index (Phi) is 6.87. The molecule has 0 nitrogen and oxygen atoms in total. The first-order chi connectivity index (χ1) is 6.61. The van der Waals surface area contributed by atoms with E-state index in [2.05, 4.69) is 50.3 Å². The Bertz CT molecular complexity index is 268. The van der Waals surface area contributed by atoms with Crippen molar-refractivity contribution in [2.45, 2.75) is 3.25 Å². The van der Waals surface area contributed by atoms with Crippen molar-refractivity contribution in [2.24, 2.45) is 0 Å². The van der Waals surface area contributed by atoms with Crippen LogP contribution in [0.1, 0.15) is 0 Å². The molecular weight excluding hydrogens is 293 g/mol. The molecule has 0 radical (unpaired) electrons. The summed E-state index contributed by atoms with van der Waals surface area (Å²) in [4.78, 5) is 0. The van der Waals surface area contributed by atoms with Gasteiger partial charge in [-0.05, 0) is 0 Å². The molecule has 0 amide bonds. The summed E-state index contributed by atoms with van der Waals surface area (Å²) < 4.78 is -1.61. The van der Waals surface area contributed by atoms with Crippen molar-refractivity contribution in [1.29, 1.82) is 0 Å². The van der Waals surface area contributed by atoms with Gasteiger partial charge in [0, 0.05) is 0 Å². The Hall–Kier alpha value is 0.810. The Labute approximate surface area is 112 Å². The third kappa shape index (κ3) is 11.1. The molecule has 0 aliphatic heterocycles. The summed E-state index contributed by atoms with van der Waals surface area (Å²) in [5.74, 6) is 0. The Morgan fingerprint density at radius 3 is 1.40 bits per heavy atom. The largest absolute Gasteiger partial charge is 0.266 e. The zero-order valence-corrected chi connectivity index (χ0v) is 12.9. The van der Waals surface area contributed by atoms with E-state index >= 15 is 0 Å². The summed E-state index contributed by atoms with van der Waals surface area (Å²) >= 11 is 19.3. The Morgan fingerprint density at radius 1 is 0.867 bits per heavy atom. The molecule has 1 aromatic rings. The third-order valence-corrected chi connectivity index (χ3v) is 3.71. The molecule has 0 heterocycles. The van der Waals surface area contributed by atoms with Crippen molar-refractivity contribution in [3.63, 3.8) is 0 Å². The summed E-state index contributed by atoms with van der Waals surface area (Å²) in [5, 5.41) is 1.54. The van der Waals surface area contributed by atoms with Gasteiger partial charge in [0.05, 0.1) is 0 Å². The summed E-state index contributed by atoms with van der Waals surface area (Å²) in [7, 11) is -1.03. The predicted molar refractivity (Wildman–Crippen MR) is 78.3 cm³/mol. The summed E-state index contributed by atoms with van der Waals surface area (Å²) in [6.45, 7) is 7.09. The first-order valence-electron chi connectivity index (χ1n) is 4.42. The van der Waals surface area contributed by atoms with E-state index in [0.29, 0.717) is 0 Å². The molecule has 0 saturated carbocycles. The van der Waals surface area contributed by atoms with Gasteiger partial charge in [0.15, 0.2) is 0 Å². The quantitative estimate of drug-likeness (QED) is 0.529. The number of halogens is 4. The number of hydrogen-bond acceptors (Lipinski definition) is 0. The molecule has 0 atom stereocenters. The maximum atomic E-state index is 4.83. The second-order valence-electron chi connectivity index (χ2n) is 4.04. The molecule has 88 valence electrons. The summed E-state index contributed by atoms with van der Waals surface area (Å²) in [6.07, 6.45) is 0. The van der Waals surface area contributed by atoms with Crippen molar-refractivity contribution >= 4 is 59.0 Å². The van der Waals surface area contributed by atoms with Crippen LogP contribution in [0.5, 0.6) is 0 Å².